The molecular formula is C27H34N7O9P. The van der Waals surface area contributed by atoms with Crippen LogP contribution in [0.1, 0.15) is 37.8 Å². The summed E-state index contributed by atoms with van der Waals surface area (Å²) in [5.74, 6) is -1.06. The molecule has 5 heterocycles. The molecule has 3 saturated heterocycles. The number of carboxylic acid groups (broad SMARTS) is 1. The largest absolute Gasteiger partial charge is 0.480 e. The highest BCUT2D eigenvalue weighted by atomic mass is 31.2. The number of ether oxygens (including phenoxy) is 3. The van der Waals surface area contributed by atoms with E-state index in [-0.39, 0.29) is 30.9 Å². The SMILES string of the molecule is CCNC(=O)Nc1ncnc2c1ncn2[C@@H]1O[C@H](COP(=O)(O)CC2CCNC(C(=O)O)C2)[C@@H]2O[C@H](c3ccccc3)O[C@@H]21. The molecule has 2 amide bonds. The monoisotopic (exact) mass is 631 g/mol. The van der Waals surface area contributed by atoms with Crippen molar-refractivity contribution in [2.75, 3.05) is 31.2 Å². The fourth-order valence-corrected chi connectivity index (χ4v) is 7.29. The second-order valence-corrected chi connectivity index (χ2v) is 12.8. The molecule has 0 aliphatic carbocycles. The van der Waals surface area contributed by atoms with Crippen LogP contribution in [-0.2, 0) is 28.1 Å². The van der Waals surface area contributed by atoms with Gasteiger partial charge in [-0.2, -0.15) is 0 Å². The molecule has 8 atom stereocenters. The number of nitrogens with zero attached hydrogens (tertiary/aromatic N) is 4. The van der Waals surface area contributed by atoms with E-state index < -0.39 is 56.5 Å². The third kappa shape index (κ3) is 6.47. The fraction of sp³-hybridized carbons (Fsp3) is 0.519. The first-order valence-electron chi connectivity index (χ1n) is 14.4. The van der Waals surface area contributed by atoms with Crippen molar-refractivity contribution in [3.63, 3.8) is 0 Å². The van der Waals surface area contributed by atoms with Crippen LogP contribution < -0.4 is 16.0 Å². The Balaban J connectivity index is 1.21. The number of carbonyl (C=O) groups excluding carboxylic acids is 1. The van der Waals surface area contributed by atoms with E-state index in [1.807, 2.05) is 30.3 Å². The summed E-state index contributed by atoms with van der Waals surface area (Å²) in [6.07, 6.45) is -0.243. The maximum atomic E-state index is 13.1. The molecule has 0 spiro atoms. The summed E-state index contributed by atoms with van der Waals surface area (Å²) in [5.41, 5.74) is 1.49. The number of benzene rings is 1. The van der Waals surface area contributed by atoms with Gasteiger partial charge in [-0.15, -0.1) is 0 Å². The Morgan fingerprint density at radius 1 is 1.16 bits per heavy atom. The minimum absolute atomic E-state index is 0.169. The molecule has 16 nitrogen and oxygen atoms in total. The van der Waals surface area contributed by atoms with Gasteiger partial charge in [-0.25, -0.2) is 19.7 Å². The molecule has 2 aromatic heterocycles. The van der Waals surface area contributed by atoms with E-state index in [9.17, 15) is 24.2 Å². The zero-order valence-corrected chi connectivity index (χ0v) is 24.7. The molecule has 3 unspecified atom stereocenters. The third-order valence-corrected chi connectivity index (χ3v) is 9.39. The minimum Gasteiger partial charge on any atom is -0.480 e. The molecule has 1 aromatic carbocycles. The van der Waals surface area contributed by atoms with Gasteiger partial charge in [0.25, 0.3) is 0 Å². The number of fused-ring (bicyclic) bond motifs is 2. The number of nitrogens with one attached hydrogen (secondary N) is 3. The lowest BCUT2D eigenvalue weighted by Crippen LogP contribution is -2.44. The van der Waals surface area contributed by atoms with Crippen LogP contribution in [0.5, 0.6) is 0 Å². The van der Waals surface area contributed by atoms with E-state index in [2.05, 4.69) is 30.9 Å². The lowest BCUT2D eigenvalue weighted by atomic mass is 9.94. The van der Waals surface area contributed by atoms with E-state index in [4.69, 9.17) is 18.7 Å². The summed E-state index contributed by atoms with van der Waals surface area (Å²) < 4.78 is 39.3. The zero-order valence-electron chi connectivity index (χ0n) is 23.8. The van der Waals surface area contributed by atoms with Gasteiger partial charge >= 0.3 is 19.6 Å². The van der Waals surface area contributed by atoms with Crippen LogP contribution in [0.25, 0.3) is 11.2 Å². The number of hydrogen-bond donors (Lipinski definition) is 5. The maximum absolute atomic E-state index is 13.1. The van der Waals surface area contributed by atoms with Gasteiger partial charge in [0.15, 0.2) is 29.5 Å². The molecule has 0 radical (unpaired) electrons. The summed E-state index contributed by atoms with van der Waals surface area (Å²) in [4.78, 5) is 47.2. The number of aliphatic carboxylic acids is 1. The molecule has 0 bridgehead atoms. The maximum Gasteiger partial charge on any atom is 0.328 e. The predicted molar refractivity (Wildman–Crippen MR) is 154 cm³/mol. The van der Waals surface area contributed by atoms with Crippen LogP contribution in [0.2, 0.25) is 0 Å². The minimum atomic E-state index is -4.11. The van der Waals surface area contributed by atoms with Gasteiger partial charge in [0.05, 0.1) is 19.1 Å². The van der Waals surface area contributed by atoms with E-state index >= 15 is 0 Å². The van der Waals surface area contributed by atoms with Crippen molar-refractivity contribution < 1.29 is 42.9 Å². The standard InChI is InChI=1S/C27H34N7O9P/c1-2-28-27(37)33-22-19-23(31-13-30-22)34(14-32-19)24-21-20(42-26(43-21)16-6-4-3-5-7-16)18(41-24)11-40-44(38,39)12-15-8-9-29-17(10-15)25(35)36/h3-7,13-15,17-18,20-21,24,26,29H,2,8-12H2,1H3,(H,35,36)(H,38,39)(H2,28,30,31,33,37)/t15?,17?,18-,20+,21+,24-,26+/m1/s1. The topological polar surface area (TPSA) is 208 Å². The zero-order chi connectivity index (χ0) is 30.8. The van der Waals surface area contributed by atoms with Crippen LogP contribution >= 0.6 is 7.60 Å². The lowest BCUT2D eigenvalue weighted by Gasteiger charge is -2.29. The van der Waals surface area contributed by atoms with Crippen molar-refractivity contribution in [2.45, 2.75) is 56.6 Å². The summed E-state index contributed by atoms with van der Waals surface area (Å²) >= 11 is 0. The number of anilines is 1. The van der Waals surface area contributed by atoms with E-state index in [0.717, 1.165) is 5.56 Å². The van der Waals surface area contributed by atoms with Crippen LogP contribution in [0.3, 0.4) is 0 Å². The number of hydrogen-bond acceptors (Lipinski definition) is 11. The number of carbonyl (C=O) groups is 2. The Hall–Kier alpha value is -3.50. The summed E-state index contributed by atoms with van der Waals surface area (Å²) in [6, 6.07) is 8.15. The number of aromatic nitrogens is 4. The van der Waals surface area contributed by atoms with Gasteiger partial charge < -0.3 is 39.4 Å². The second-order valence-electron chi connectivity index (χ2n) is 10.9. The van der Waals surface area contributed by atoms with Crippen molar-refractivity contribution in [3.05, 3.63) is 48.5 Å². The van der Waals surface area contributed by atoms with Crippen molar-refractivity contribution in [3.8, 4) is 0 Å². The Labute approximate surface area is 252 Å². The first kappa shape index (κ1) is 30.5. The molecule has 17 heteroatoms. The second kappa shape index (κ2) is 12.9. The van der Waals surface area contributed by atoms with E-state index in [1.165, 1.54) is 12.7 Å². The molecule has 3 aliphatic heterocycles. The van der Waals surface area contributed by atoms with E-state index in [1.54, 1.807) is 11.5 Å². The first-order valence-corrected chi connectivity index (χ1v) is 16.1. The fourth-order valence-electron chi connectivity index (χ4n) is 5.82. The molecule has 0 saturated carbocycles. The molecule has 3 aromatic rings. The number of imidazole rings is 1. The highest BCUT2D eigenvalue weighted by Gasteiger charge is 2.54. The number of piperidine rings is 1. The van der Waals surface area contributed by atoms with Gasteiger partial charge in [-0.05, 0) is 32.2 Å². The van der Waals surface area contributed by atoms with Crippen LogP contribution in [0.4, 0.5) is 10.6 Å². The van der Waals surface area contributed by atoms with Crippen molar-refractivity contribution >= 4 is 36.6 Å². The molecule has 5 N–H and O–H groups in total. The van der Waals surface area contributed by atoms with Gasteiger partial charge in [-0.3, -0.25) is 19.2 Å². The molecule has 3 aliphatic rings. The molecule has 3 fully saturated rings. The highest BCUT2D eigenvalue weighted by Crippen LogP contribution is 2.49. The Bertz CT molecular complexity index is 1540. The van der Waals surface area contributed by atoms with Gasteiger partial charge in [0, 0.05) is 12.1 Å². The molecule has 6 rings (SSSR count). The van der Waals surface area contributed by atoms with Gasteiger partial charge in [-0.1, -0.05) is 30.3 Å². The average molecular weight is 632 g/mol. The smallest absolute Gasteiger partial charge is 0.328 e. The normalized spacial score (nSPS) is 29.6. The van der Waals surface area contributed by atoms with Crippen LogP contribution in [-0.4, -0.2) is 91.7 Å². The van der Waals surface area contributed by atoms with E-state index in [0.29, 0.717) is 30.7 Å². The van der Waals surface area contributed by atoms with Gasteiger partial charge in [0.1, 0.15) is 30.7 Å². The van der Waals surface area contributed by atoms with Crippen LogP contribution in [0.15, 0.2) is 43.0 Å². The van der Waals surface area contributed by atoms with Gasteiger partial charge in [0.2, 0.25) is 0 Å². The molecule has 44 heavy (non-hydrogen) atoms. The predicted octanol–water partition coefficient (Wildman–Crippen LogP) is 2.00. The first-order chi connectivity index (χ1) is 21.2. The Morgan fingerprint density at radius 3 is 2.73 bits per heavy atom. The number of carboxylic acids is 1. The number of urea groups is 1. The number of amides is 2. The van der Waals surface area contributed by atoms with Crippen molar-refractivity contribution in [1.29, 1.82) is 0 Å². The lowest BCUT2D eigenvalue weighted by molar-refractivity contribution is -0.152. The number of rotatable bonds is 10. The van der Waals surface area contributed by atoms with Crippen LogP contribution in [0, 0.1) is 5.92 Å². The quantitative estimate of drug-likeness (QED) is 0.203. The summed E-state index contributed by atoms with van der Waals surface area (Å²) in [7, 11) is -4.11. The molecular weight excluding hydrogens is 597 g/mol. The Kier molecular flexibility index (Phi) is 8.91. The summed E-state index contributed by atoms with van der Waals surface area (Å²) in [5, 5.41) is 17.5. The average Bonchev–Trinajstić information content (AvgIpc) is 3.71. The highest BCUT2D eigenvalue weighted by molar-refractivity contribution is 7.52. The Morgan fingerprint density at radius 2 is 1.95 bits per heavy atom. The summed E-state index contributed by atoms with van der Waals surface area (Å²) in [6.45, 7) is 2.39. The molecule has 236 valence electrons. The third-order valence-electron chi connectivity index (χ3n) is 7.86. The van der Waals surface area contributed by atoms with Crippen molar-refractivity contribution in [1.82, 2.24) is 30.2 Å². The van der Waals surface area contributed by atoms with Crippen molar-refractivity contribution in [2.24, 2.45) is 5.92 Å².